The second kappa shape index (κ2) is 5.18. The minimum absolute atomic E-state index is 0.0400. The number of esters is 1. The fourth-order valence-electron chi connectivity index (χ4n) is 1.36. The van der Waals surface area contributed by atoms with Crippen LogP contribution in [0.15, 0.2) is 47.1 Å². The maximum atomic E-state index is 11.6. The van der Waals surface area contributed by atoms with Crippen LogP contribution in [0.1, 0.15) is 20.9 Å². The van der Waals surface area contributed by atoms with Gasteiger partial charge in [0, 0.05) is 0 Å². The highest BCUT2D eigenvalue weighted by molar-refractivity contribution is 5.97. The van der Waals surface area contributed by atoms with Crippen molar-refractivity contribution >= 4 is 11.8 Å². The molecule has 0 unspecified atom stereocenters. The lowest BCUT2D eigenvalue weighted by Gasteiger charge is -2.03. The molecule has 1 heterocycles. The van der Waals surface area contributed by atoms with Crippen molar-refractivity contribution in [2.75, 3.05) is 6.61 Å². The smallest absolute Gasteiger partial charge is 0.338 e. The van der Waals surface area contributed by atoms with E-state index in [1.807, 2.05) is 0 Å². The molecule has 0 fully saturated rings. The molecule has 0 atom stereocenters. The molecule has 0 radical (unpaired) electrons. The summed E-state index contributed by atoms with van der Waals surface area (Å²) in [5.41, 5.74) is 0.183. The van der Waals surface area contributed by atoms with Gasteiger partial charge in [0.05, 0.1) is 11.8 Å². The summed E-state index contributed by atoms with van der Waals surface area (Å²) in [6.45, 7) is -0.401. The third-order valence-electron chi connectivity index (χ3n) is 2.21. The number of aromatic hydroxyl groups is 1. The Balaban J connectivity index is 1.95. The number of phenols is 1. The van der Waals surface area contributed by atoms with Crippen LogP contribution >= 0.6 is 0 Å². The van der Waals surface area contributed by atoms with E-state index in [1.54, 1.807) is 6.07 Å². The van der Waals surface area contributed by atoms with Gasteiger partial charge in [-0.1, -0.05) is 6.07 Å². The minimum Gasteiger partial charge on any atom is -0.508 e. The molecule has 0 aliphatic heterocycles. The Kier molecular flexibility index (Phi) is 3.43. The number of hydrogen-bond donors (Lipinski definition) is 1. The fraction of sp³-hybridized carbons (Fsp3) is 0.0769. The first-order valence-electron chi connectivity index (χ1n) is 5.19. The number of ketones is 1. The number of carbonyl (C=O) groups excluding carboxylic acids is 2. The van der Waals surface area contributed by atoms with Crippen LogP contribution < -0.4 is 0 Å². The maximum absolute atomic E-state index is 11.6. The first-order chi connectivity index (χ1) is 8.66. The van der Waals surface area contributed by atoms with Gasteiger partial charge in [-0.25, -0.2) is 4.79 Å². The molecule has 0 amide bonds. The second-order valence-electron chi connectivity index (χ2n) is 3.53. The Labute approximate surface area is 103 Å². The van der Waals surface area contributed by atoms with Gasteiger partial charge in [0.25, 0.3) is 0 Å². The average Bonchev–Trinajstić information content (AvgIpc) is 2.89. The molecule has 0 bridgehead atoms. The number of phenolic OH excluding ortho intramolecular Hbond substituents is 1. The molecule has 0 saturated heterocycles. The summed E-state index contributed by atoms with van der Waals surface area (Å²) in [6, 6.07) is 8.76. The fourth-order valence-corrected chi connectivity index (χ4v) is 1.36. The predicted molar refractivity (Wildman–Crippen MR) is 61.4 cm³/mol. The molecule has 1 aromatic carbocycles. The normalized spacial score (nSPS) is 10.0. The molecular formula is C13H10O5. The monoisotopic (exact) mass is 246 g/mol. The predicted octanol–water partition coefficient (Wildman–Crippen LogP) is 2.02. The van der Waals surface area contributed by atoms with Crippen LogP contribution in [0.4, 0.5) is 0 Å². The Hall–Kier alpha value is -2.56. The van der Waals surface area contributed by atoms with E-state index in [-0.39, 0.29) is 17.1 Å². The van der Waals surface area contributed by atoms with Crippen LogP contribution in [0.5, 0.6) is 5.75 Å². The van der Waals surface area contributed by atoms with Crippen LogP contribution in [-0.2, 0) is 4.74 Å². The number of Topliss-reactive ketones (excluding diaryl/α,β-unsaturated/α-hetero) is 1. The number of ether oxygens (including phenoxy) is 1. The molecule has 1 N–H and O–H groups in total. The molecule has 92 valence electrons. The summed E-state index contributed by atoms with van der Waals surface area (Å²) in [5.74, 6) is -1.00. The van der Waals surface area contributed by atoms with Crippen molar-refractivity contribution in [1.82, 2.24) is 0 Å². The van der Waals surface area contributed by atoms with E-state index in [0.717, 1.165) is 0 Å². The summed E-state index contributed by atoms with van der Waals surface area (Å²) < 4.78 is 9.68. The van der Waals surface area contributed by atoms with Gasteiger partial charge in [-0.2, -0.15) is 0 Å². The summed E-state index contributed by atoms with van der Waals surface area (Å²) in [6.07, 6.45) is 1.37. The van der Waals surface area contributed by atoms with Crippen molar-refractivity contribution in [1.29, 1.82) is 0 Å². The molecule has 5 nitrogen and oxygen atoms in total. The zero-order valence-electron chi connectivity index (χ0n) is 9.33. The van der Waals surface area contributed by atoms with E-state index < -0.39 is 18.4 Å². The third-order valence-corrected chi connectivity index (χ3v) is 2.21. The van der Waals surface area contributed by atoms with Gasteiger partial charge in [0.1, 0.15) is 5.75 Å². The van der Waals surface area contributed by atoms with Gasteiger partial charge in [-0.05, 0) is 30.3 Å². The van der Waals surface area contributed by atoms with Gasteiger partial charge in [-0.3, -0.25) is 4.79 Å². The van der Waals surface area contributed by atoms with Gasteiger partial charge in [0.15, 0.2) is 12.4 Å². The molecule has 1 aromatic heterocycles. The summed E-state index contributed by atoms with van der Waals surface area (Å²) >= 11 is 0. The SMILES string of the molecule is O=C(OCC(=O)c1ccco1)c1cccc(O)c1. The lowest BCUT2D eigenvalue weighted by molar-refractivity contribution is 0.0467. The summed E-state index contributed by atoms with van der Waals surface area (Å²) in [4.78, 5) is 23.0. The average molecular weight is 246 g/mol. The molecule has 2 rings (SSSR count). The lowest BCUT2D eigenvalue weighted by atomic mass is 10.2. The van der Waals surface area contributed by atoms with E-state index in [9.17, 15) is 14.7 Å². The van der Waals surface area contributed by atoms with E-state index in [0.29, 0.717) is 0 Å². The second-order valence-corrected chi connectivity index (χ2v) is 3.53. The highest BCUT2D eigenvalue weighted by Gasteiger charge is 2.13. The molecule has 18 heavy (non-hydrogen) atoms. The number of hydrogen-bond acceptors (Lipinski definition) is 5. The van der Waals surface area contributed by atoms with Crippen molar-refractivity contribution in [3.63, 3.8) is 0 Å². The van der Waals surface area contributed by atoms with Gasteiger partial charge in [-0.15, -0.1) is 0 Å². The van der Waals surface area contributed by atoms with Crippen LogP contribution in [0.2, 0.25) is 0 Å². The highest BCUT2D eigenvalue weighted by Crippen LogP contribution is 2.12. The van der Waals surface area contributed by atoms with Gasteiger partial charge >= 0.3 is 5.97 Å². The first kappa shape index (κ1) is 11.9. The molecule has 0 aliphatic carbocycles. The van der Waals surface area contributed by atoms with E-state index in [2.05, 4.69) is 0 Å². The number of carbonyl (C=O) groups is 2. The molecule has 0 aliphatic rings. The molecular weight excluding hydrogens is 236 g/mol. The third kappa shape index (κ3) is 2.76. The van der Waals surface area contributed by atoms with Gasteiger partial charge in [0.2, 0.25) is 5.78 Å². The zero-order chi connectivity index (χ0) is 13.0. The van der Waals surface area contributed by atoms with Crippen molar-refractivity contribution < 1.29 is 23.8 Å². The molecule has 0 saturated carbocycles. The van der Waals surface area contributed by atoms with Crippen LogP contribution in [-0.4, -0.2) is 23.5 Å². The Bertz CT molecular complexity index is 557. The van der Waals surface area contributed by atoms with Crippen molar-refractivity contribution in [2.24, 2.45) is 0 Å². The molecule has 0 spiro atoms. The topological polar surface area (TPSA) is 76.7 Å². The summed E-state index contributed by atoms with van der Waals surface area (Å²) in [5, 5.41) is 9.20. The largest absolute Gasteiger partial charge is 0.508 e. The minimum atomic E-state index is -0.675. The first-order valence-corrected chi connectivity index (χ1v) is 5.19. The highest BCUT2D eigenvalue weighted by atomic mass is 16.5. The van der Waals surface area contributed by atoms with Crippen molar-refractivity contribution in [3.8, 4) is 5.75 Å². The lowest BCUT2D eigenvalue weighted by Crippen LogP contribution is -2.13. The molecule has 2 aromatic rings. The van der Waals surface area contributed by atoms with Crippen LogP contribution in [0, 0.1) is 0 Å². The molecule has 5 heteroatoms. The maximum Gasteiger partial charge on any atom is 0.338 e. The van der Waals surface area contributed by atoms with Crippen LogP contribution in [0.3, 0.4) is 0 Å². The quantitative estimate of drug-likeness (QED) is 0.659. The summed E-state index contributed by atoms with van der Waals surface area (Å²) in [7, 11) is 0. The number of benzene rings is 1. The Morgan fingerprint density at radius 3 is 2.72 bits per heavy atom. The number of furan rings is 1. The van der Waals surface area contributed by atoms with E-state index in [4.69, 9.17) is 9.15 Å². The van der Waals surface area contributed by atoms with Crippen molar-refractivity contribution in [3.05, 3.63) is 54.0 Å². The van der Waals surface area contributed by atoms with Gasteiger partial charge < -0.3 is 14.3 Å². The van der Waals surface area contributed by atoms with E-state index >= 15 is 0 Å². The van der Waals surface area contributed by atoms with E-state index in [1.165, 1.54) is 36.6 Å². The Morgan fingerprint density at radius 2 is 2.06 bits per heavy atom. The zero-order valence-corrected chi connectivity index (χ0v) is 9.33. The van der Waals surface area contributed by atoms with Crippen LogP contribution in [0.25, 0.3) is 0 Å². The van der Waals surface area contributed by atoms with Crippen molar-refractivity contribution in [2.45, 2.75) is 0 Å². The Morgan fingerprint density at radius 1 is 1.22 bits per heavy atom. The number of rotatable bonds is 4. The standard InChI is InChI=1S/C13H10O5/c14-10-4-1-3-9(7-10)13(16)18-8-11(15)12-5-2-6-17-12/h1-7,14H,8H2.